The van der Waals surface area contributed by atoms with E-state index in [0.717, 1.165) is 27.0 Å². The monoisotopic (exact) mass is 297 g/mol. The molecule has 3 rings (SSSR count). The van der Waals surface area contributed by atoms with E-state index in [2.05, 4.69) is 20.5 Å². The van der Waals surface area contributed by atoms with Gasteiger partial charge in [0, 0.05) is 22.8 Å². The van der Waals surface area contributed by atoms with Crippen LogP contribution >= 0.6 is 11.8 Å². The van der Waals surface area contributed by atoms with Gasteiger partial charge in [-0.15, -0.1) is 0 Å². The number of nitrogens with one attached hydrogen (secondary N) is 2. The topological polar surface area (TPSA) is 79.6 Å². The Labute approximate surface area is 127 Å². The summed E-state index contributed by atoms with van der Waals surface area (Å²) in [6, 6.07) is 16.0. The summed E-state index contributed by atoms with van der Waals surface area (Å²) in [4.78, 5) is 5.19. The van der Waals surface area contributed by atoms with E-state index in [4.69, 9.17) is 5.73 Å². The van der Waals surface area contributed by atoms with Gasteiger partial charge >= 0.3 is 0 Å². The van der Waals surface area contributed by atoms with Crippen LogP contribution in [-0.4, -0.2) is 15.2 Å². The fourth-order valence-electron chi connectivity index (χ4n) is 1.89. The lowest BCUT2D eigenvalue weighted by molar-refractivity contribution is 0.973. The summed E-state index contributed by atoms with van der Waals surface area (Å²) in [5.74, 6) is 0. The summed E-state index contributed by atoms with van der Waals surface area (Å²) in [6.45, 7) is 0.710. The summed E-state index contributed by atoms with van der Waals surface area (Å²) >= 11 is 1.54. The van der Waals surface area contributed by atoms with Crippen molar-refractivity contribution in [3.05, 3.63) is 60.4 Å². The second kappa shape index (κ2) is 6.32. The summed E-state index contributed by atoms with van der Waals surface area (Å²) < 4.78 is 0. The molecule has 0 spiro atoms. The smallest absolute Gasteiger partial charge is 0.188 e. The number of anilines is 2. The number of hydrogen-bond donors (Lipinski definition) is 3. The fraction of sp³-hybridized carbons (Fsp3) is 0.0667. The van der Waals surface area contributed by atoms with Crippen LogP contribution in [0.3, 0.4) is 0 Å². The molecular weight excluding hydrogens is 282 g/mol. The second-order valence-corrected chi connectivity index (χ2v) is 5.53. The highest BCUT2D eigenvalue weighted by Crippen LogP contribution is 2.25. The lowest BCUT2D eigenvalue weighted by atomic mass is 10.2. The lowest BCUT2D eigenvalue weighted by Crippen LogP contribution is -2.02. The molecule has 3 aromatic rings. The van der Waals surface area contributed by atoms with Gasteiger partial charge in [0.2, 0.25) is 0 Å². The van der Waals surface area contributed by atoms with Crippen molar-refractivity contribution in [3.8, 4) is 0 Å². The predicted octanol–water partition coefficient (Wildman–Crippen LogP) is 3.15. The average molecular weight is 297 g/mol. The van der Waals surface area contributed by atoms with Crippen molar-refractivity contribution in [2.45, 2.75) is 16.6 Å². The van der Waals surface area contributed by atoms with Crippen LogP contribution < -0.4 is 11.1 Å². The highest BCUT2D eigenvalue weighted by molar-refractivity contribution is 7.99. The molecule has 2 aromatic carbocycles. The summed E-state index contributed by atoms with van der Waals surface area (Å²) in [5, 5.41) is 10.8. The molecule has 0 aliphatic heterocycles. The highest BCUT2D eigenvalue weighted by atomic mass is 32.2. The number of aromatic amines is 1. The zero-order valence-corrected chi connectivity index (χ0v) is 12.1. The van der Waals surface area contributed by atoms with E-state index in [1.54, 1.807) is 11.8 Å². The fourth-order valence-corrected chi connectivity index (χ4v) is 2.58. The molecule has 0 atom stereocenters. The van der Waals surface area contributed by atoms with Crippen LogP contribution in [0.25, 0.3) is 0 Å². The average Bonchev–Trinajstić information content (AvgIpc) is 3.01. The number of nitrogens with zero attached hydrogens (tertiary/aromatic N) is 2. The van der Waals surface area contributed by atoms with Gasteiger partial charge in [0.1, 0.15) is 6.33 Å². The molecule has 1 aromatic heterocycles. The molecule has 1 heterocycles. The van der Waals surface area contributed by atoms with Crippen molar-refractivity contribution >= 4 is 23.1 Å². The van der Waals surface area contributed by atoms with Crippen LogP contribution in [0.2, 0.25) is 0 Å². The minimum Gasteiger partial charge on any atom is -0.398 e. The molecule has 5 nitrogen and oxygen atoms in total. The zero-order valence-electron chi connectivity index (χ0n) is 11.3. The van der Waals surface area contributed by atoms with Crippen LogP contribution in [0, 0.1) is 0 Å². The minimum absolute atomic E-state index is 0.710. The Morgan fingerprint density at radius 3 is 2.62 bits per heavy atom. The molecule has 0 fully saturated rings. The van der Waals surface area contributed by atoms with E-state index in [1.165, 1.54) is 6.33 Å². The van der Waals surface area contributed by atoms with Crippen LogP contribution in [-0.2, 0) is 6.54 Å². The molecular formula is C15H15N5S. The highest BCUT2D eigenvalue weighted by Gasteiger charge is 2.01. The first-order valence-electron chi connectivity index (χ1n) is 6.52. The number of benzene rings is 2. The Hall–Kier alpha value is -2.47. The molecule has 0 aliphatic rings. The van der Waals surface area contributed by atoms with E-state index >= 15 is 0 Å². The Kier molecular flexibility index (Phi) is 4.07. The summed E-state index contributed by atoms with van der Waals surface area (Å²) in [5.41, 5.74) is 8.88. The number of para-hydroxylation sites is 1. The maximum Gasteiger partial charge on any atom is 0.188 e. The SMILES string of the molecule is Nc1ccccc1CNc1ccc(Sc2ncn[nH]2)cc1. The largest absolute Gasteiger partial charge is 0.398 e. The molecule has 6 heteroatoms. The third kappa shape index (κ3) is 3.55. The number of nitrogens with two attached hydrogens (primary N) is 1. The van der Waals surface area contributed by atoms with Crippen LogP contribution in [0.4, 0.5) is 11.4 Å². The molecule has 0 saturated carbocycles. The molecule has 106 valence electrons. The van der Waals surface area contributed by atoms with Gasteiger partial charge in [0.15, 0.2) is 5.16 Å². The van der Waals surface area contributed by atoms with Gasteiger partial charge < -0.3 is 11.1 Å². The van der Waals surface area contributed by atoms with Gasteiger partial charge in [-0.3, -0.25) is 5.10 Å². The minimum atomic E-state index is 0.710. The molecule has 0 radical (unpaired) electrons. The van der Waals surface area contributed by atoms with Gasteiger partial charge in [-0.1, -0.05) is 30.0 Å². The predicted molar refractivity (Wildman–Crippen MR) is 85.1 cm³/mol. The molecule has 4 N–H and O–H groups in total. The number of H-pyrrole nitrogens is 1. The Morgan fingerprint density at radius 2 is 1.90 bits per heavy atom. The first-order chi connectivity index (χ1) is 10.3. The van der Waals surface area contributed by atoms with Crippen LogP contribution in [0.1, 0.15) is 5.56 Å². The van der Waals surface area contributed by atoms with Gasteiger partial charge in [-0.05, 0) is 35.9 Å². The molecule has 0 amide bonds. The van der Waals surface area contributed by atoms with Gasteiger partial charge in [-0.25, -0.2) is 4.98 Å². The van der Waals surface area contributed by atoms with E-state index in [-0.39, 0.29) is 0 Å². The quantitative estimate of drug-likeness (QED) is 0.630. The van der Waals surface area contributed by atoms with Crippen molar-refractivity contribution in [3.63, 3.8) is 0 Å². The van der Waals surface area contributed by atoms with Crippen molar-refractivity contribution in [2.75, 3.05) is 11.1 Å². The molecule has 0 aliphatic carbocycles. The number of hydrogen-bond acceptors (Lipinski definition) is 5. The summed E-state index contributed by atoms with van der Waals surface area (Å²) in [6.07, 6.45) is 1.50. The summed E-state index contributed by atoms with van der Waals surface area (Å²) in [7, 11) is 0. The van der Waals surface area contributed by atoms with Crippen LogP contribution in [0.5, 0.6) is 0 Å². The van der Waals surface area contributed by atoms with E-state index in [9.17, 15) is 0 Å². The molecule has 0 bridgehead atoms. The Balaban J connectivity index is 1.61. The maximum atomic E-state index is 5.92. The standard InChI is InChI=1S/C15H15N5S/c16-14-4-2-1-3-11(14)9-17-12-5-7-13(8-6-12)21-15-18-10-19-20-15/h1-8,10,17H,9,16H2,(H,18,19,20). The number of aromatic nitrogens is 3. The zero-order chi connectivity index (χ0) is 14.5. The first-order valence-corrected chi connectivity index (χ1v) is 7.33. The third-order valence-corrected chi connectivity index (χ3v) is 3.90. The van der Waals surface area contributed by atoms with Gasteiger partial charge in [0.25, 0.3) is 0 Å². The molecule has 21 heavy (non-hydrogen) atoms. The maximum absolute atomic E-state index is 5.92. The van der Waals surface area contributed by atoms with E-state index in [0.29, 0.717) is 6.54 Å². The molecule has 0 unspecified atom stereocenters. The van der Waals surface area contributed by atoms with Crippen molar-refractivity contribution < 1.29 is 0 Å². The van der Waals surface area contributed by atoms with E-state index < -0.39 is 0 Å². The number of nitrogen functional groups attached to an aromatic ring is 1. The van der Waals surface area contributed by atoms with Crippen molar-refractivity contribution in [1.29, 1.82) is 0 Å². The Bertz CT molecular complexity index is 694. The van der Waals surface area contributed by atoms with Gasteiger partial charge in [-0.2, -0.15) is 5.10 Å². The second-order valence-electron chi connectivity index (χ2n) is 4.47. The number of rotatable bonds is 5. The van der Waals surface area contributed by atoms with Crippen molar-refractivity contribution in [1.82, 2.24) is 15.2 Å². The molecule has 0 saturated heterocycles. The van der Waals surface area contributed by atoms with E-state index in [1.807, 2.05) is 48.5 Å². The normalized spacial score (nSPS) is 10.5. The third-order valence-electron chi connectivity index (χ3n) is 3.00. The lowest BCUT2D eigenvalue weighted by Gasteiger charge is -2.09. The van der Waals surface area contributed by atoms with Crippen molar-refractivity contribution in [2.24, 2.45) is 0 Å². The first kappa shape index (κ1) is 13.5. The van der Waals surface area contributed by atoms with Gasteiger partial charge in [0.05, 0.1) is 0 Å². The van der Waals surface area contributed by atoms with Crippen LogP contribution in [0.15, 0.2) is 64.9 Å². The Morgan fingerprint density at radius 1 is 1.10 bits per heavy atom.